The van der Waals surface area contributed by atoms with Gasteiger partial charge in [-0.15, -0.1) is 0 Å². The topological polar surface area (TPSA) is 20.3 Å². The number of hydrogen-bond donors (Lipinski definition) is 0. The van der Waals surface area contributed by atoms with Crippen LogP contribution in [0.15, 0.2) is 82.5 Å². The second-order valence-electron chi connectivity index (χ2n) is 7.53. The maximum absolute atomic E-state index is 12.4. The molecule has 2 nitrogen and oxygen atoms in total. The Balaban J connectivity index is 1.90. The predicted octanol–water partition coefficient (Wildman–Crippen LogP) is 3.75. The zero-order valence-corrected chi connectivity index (χ0v) is 18.3. The van der Waals surface area contributed by atoms with E-state index in [2.05, 4.69) is 68.2 Å². The van der Waals surface area contributed by atoms with Crippen LogP contribution < -0.4 is 4.46 Å². The SMILES string of the molecule is C[Si](C)(C)/C([Se]c1ccccc1)=C1/C=CC(=O)N(Cc2ccccc2)C1. The molecule has 134 valence electrons. The molecule has 2 aromatic carbocycles. The molecule has 1 aliphatic rings. The Morgan fingerprint density at radius 3 is 2.19 bits per heavy atom. The summed E-state index contributed by atoms with van der Waals surface area (Å²) in [6.07, 6.45) is 3.82. The van der Waals surface area contributed by atoms with Crippen LogP contribution in [0.4, 0.5) is 0 Å². The van der Waals surface area contributed by atoms with E-state index in [9.17, 15) is 4.79 Å². The van der Waals surface area contributed by atoms with Crippen molar-refractivity contribution in [3.05, 3.63) is 88.0 Å². The molecule has 0 unspecified atom stereocenters. The number of amides is 1. The molecule has 1 aliphatic heterocycles. The fraction of sp³-hybridized carbons (Fsp3) is 0.227. The molecule has 0 radical (unpaired) electrons. The molecule has 0 atom stereocenters. The Morgan fingerprint density at radius 1 is 0.962 bits per heavy atom. The van der Waals surface area contributed by atoms with E-state index in [0.717, 1.165) is 6.54 Å². The van der Waals surface area contributed by atoms with Crippen LogP contribution in [0, 0.1) is 0 Å². The third-order valence-corrected chi connectivity index (χ3v) is 12.4. The molecule has 0 aromatic heterocycles. The van der Waals surface area contributed by atoms with E-state index in [1.54, 1.807) is 10.2 Å². The first-order chi connectivity index (χ1) is 12.4. The standard InChI is InChI=1S/C22H25NOSeSi/c1-26(2,3)22(25-20-12-8-5-9-13-20)19-14-15-21(24)23(17-19)16-18-10-6-4-7-11-18/h4-15H,16-17H2,1-3H3/b22-19-. The molecule has 1 amide bonds. The molecule has 0 N–H and O–H groups in total. The minimum atomic E-state index is -1.48. The van der Waals surface area contributed by atoms with Gasteiger partial charge in [-0.25, -0.2) is 0 Å². The number of hydrogen-bond acceptors (Lipinski definition) is 1. The minimum absolute atomic E-state index is 0.111. The first-order valence-electron chi connectivity index (χ1n) is 8.91. The summed E-state index contributed by atoms with van der Waals surface area (Å²) in [6, 6.07) is 21.0. The molecule has 4 heteroatoms. The summed E-state index contributed by atoms with van der Waals surface area (Å²) in [5.74, 6) is 0.111. The Hall–Kier alpha value is -1.87. The van der Waals surface area contributed by atoms with Crippen LogP contribution in [0.2, 0.25) is 19.6 Å². The second-order valence-corrected chi connectivity index (χ2v) is 15.6. The number of carbonyl (C=O) groups excluding carboxylic acids is 1. The summed E-state index contributed by atoms with van der Waals surface area (Å²) < 4.78 is 3.00. The van der Waals surface area contributed by atoms with Crippen molar-refractivity contribution in [2.45, 2.75) is 26.2 Å². The molecule has 0 aliphatic carbocycles. The van der Waals surface area contributed by atoms with Gasteiger partial charge in [0.25, 0.3) is 0 Å². The summed E-state index contributed by atoms with van der Waals surface area (Å²) in [6.45, 7) is 8.62. The van der Waals surface area contributed by atoms with E-state index in [1.165, 1.54) is 15.6 Å². The van der Waals surface area contributed by atoms with Crippen LogP contribution in [0.5, 0.6) is 0 Å². The monoisotopic (exact) mass is 427 g/mol. The van der Waals surface area contributed by atoms with Crippen LogP contribution in [0.1, 0.15) is 5.56 Å². The van der Waals surface area contributed by atoms with Gasteiger partial charge in [0.1, 0.15) is 0 Å². The van der Waals surface area contributed by atoms with Crippen LogP contribution in [-0.2, 0) is 11.3 Å². The molecule has 3 rings (SSSR count). The van der Waals surface area contributed by atoms with Gasteiger partial charge in [-0.3, -0.25) is 0 Å². The molecule has 26 heavy (non-hydrogen) atoms. The Bertz CT molecular complexity index is 822. The zero-order chi connectivity index (χ0) is 18.6. The van der Waals surface area contributed by atoms with Crippen molar-refractivity contribution in [3.8, 4) is 0 Å². The summed E-state index contributed by atoms with van der Waals surface area (Å²) in [4.78, 5) is 14.4. The van der Waals surface area contributed by atoms with E-state index in [4.69, 9.17) is 0 Å². The molecule has 0 saturated heterocycles. The van der Waals surface area contributed by atoms with E-state index in [-0.39, 0.29) is 5.91 Å². The molecule has 2 aromatic rings. The normalized spacial score (nSPS) is 16.7. The van der Waals surface area contributed by atoms with Gasteiger partial charge >= 0.3 is 164 Å². The van der Waals surface area contributed by atoms with Crippen molar-refractivity contribution in [3.63, 3.8) is 0 Å². The van der Waals surface area contributed by atoms with E-state index < -0.39 is 8.07 Å². The van der Waals surface area contributed by atoms with Gasteiger partial charge < -0.3 is 0 Å². The Morgan fingerprint density at radius 2 is 1.58 bits per heavy atom. The average Bonchev–Trinajstić information content (AvgIpc) is 2.63. The second kappa shape index (κ2) is 8.21. The summed E-state index contributed by atoms with van der Waals surface area (Å²) in [5.41, 5.74) is 2.53. The van der Waals surface area contributed by atoms with Gasteiger partial charge in [-0.05, 0) is 0 Å². The average molecular weight is 426 g/mol. The fourth-order valence-corrected chi connectivity index (χ4v) is 8.64. The molecule has 1 heterocycles. The van der Waals surface area contributed by atoms with E-state index >= 15 is 0 Å². The number of carbonyl (C=O) groups is 1. The number of nitrogens with zero attached hydrogens (tertiary/aromatic N) is 1. The predicted molar refractivity (Wildman–Crippen MR) is 113 cm³/mol. The van der Waals surface area contributed by atoms with Crippen LogP contribution in [0.25, 0.3) is 0 Å². The van der Waals surface area contributed by atoms with Gasteiger partial charge in [-0.1, -0.05) is 0 Å². The van der Waals surface area contributed by atoms with Crippen LogP contribution in [0.3, 0.4) is 0 Å². The molecular weight excluding hydrogens is 401 g/mol. The van der Waals surface area contributed by atoms with Crippen molar-refractivity contribution in [1.29, 1.82) is 0 Å². The molecule has 0 bridgehead atoms. The van der Waals surface area contributed by atoms with E-state index in [0.29, 0.717) is 21.5 Å². The van der Waals surface area contributed by atoms with Crippen molar-refractivity contribution < 1.29 is 4.79 Å². The first kappa shape index (κ1) is 18.9. The fourth-order valence-electron chi connectivity index (χ4n) is 3.01. The van der Waals surface area contributed by atoms with Crippen molar-refractivity contribution in [2.24, 2.45) is 0 Å². The number of rotatable bonds is 5. The van der Waals surface area contributed by atoms with Gasteiger partial charge in [-0.2, -0.15) is 0 Å². The maximum atomic E-state index is 12.4. The van der Waals surface area contributed by atoms with Crippen molar-refractivity contribution >= 4 is 33.4 Å². The van der Waals surface area contributed by atoms with Gasteiger partial charge in [0.2, 0.25) is 0 Å². The van der Waals surface area contributed by atoms with Crippen molar-refractivity contribution in [2.75, 3.05) is 6.54 Å². The van der Waals surface area contributed by atoms with Gasteiger partial charge in [0.15, 0.2) is 0 Å². The molecule has 0 saturated carbocycles. The molecule has 0 fully saturated rings. The first-order valence-corrected chi connectivity index (χ1v) is 14.1. The quantitative estimate of drug-likeness (QED) is 0.667. The van der Waals surface area contributed by atoms with Crippen LogP contribution in [-0.4, -0.2) is 40.4 Å². The van der Waals surface area contributed by atoms with Crippen LogP contribution >= 0.6 is 0 Å². The Labute approximate surface area is 163 Å². The van der Waals surface area contributed by atoms with Gasteiger partial charge in [0.05, 0.1) is 0 Å². The third kappa shape index (κ3) is 4.85. The summed E-state index contributed by atoms with van der Waals surface area (Å²) >= 11 is 0.310. The molecule has 0 spiro atoms. The zero-order valence-electron chi connectivity index (χ0n) is 15.6. The van der Waals surface area contributed by atoms with Crippen molar-refractivity contribution in [1.82, 2.24) is 4.90 Å². The summed E-state index contributed by atoms with van der Waals surface area (Å²) in [7, 11) is -1.48. The molecular formula is C22H25NOSeSi. The van der Waals surface area contributed by atoms with E-state index in [1.807, 2.05) is 23.1 Å². The number of benzene rings is 2. The summed E-state index contributed by atoms with van der Waals surface area (Å²) in [5, 5.41) is 0. The third-order valence-electron chi connectivity index (χ3n) is 4.25. The van der Waals surface area contributed by atoms with Gasteiger partial charge in [0, 0.05) is 0 Å². The Kier molecular flexibility index (Phi) is 5.97.